The Labute approximate surface area is 141 Å². The Kier molecular flexibility index (Phi) is 3.96. The van der Waals surface area contributed by atoms with E-state index in [1.165, 1.54) is 31.1 Å². The van der Waals surface area contributed by atoms with E-state index in [2.05, 4.69) is 28.3 Å². The first-order chi connectivity index (χ1) is 11.8. The average molecular weight is 326 g/mol. The third-order valence-corrected chi connectivity index (χ3v) is 5.11. The number of methoxy groups -OCH3 is 1. The number of carbonyl (C=O) groups is 1. The smallest absolute Gasteiger partial charge is 0.410 e. The van der Waals surface area contributed by atoms with Gasteiger partial charge in [-0.3, -0.25) is 4.90 Å². The highest BCUT2D eigenvalue weighted by atomic mass is 16.5. The molecule has 1 aliphatic carbocycles. The lowest BCUT2D eigenvalue weighted by molar-refractivity contribution is 0.0863. The van der Waals surface area contributed by atoms with Gasteiger partial charge in [0.2, 0.25) is 0 Å². The Balaban J connectivity index is 1.70. The highest BCUT2D eigenvalue weighted by Gasteiger charge is 2.32. The molecule has 0 N–H and O–H groups in total. The number of likely N-dealkylation sites (tertiary alicyclic amines) is 1. The molecule has 1 aromatic heterocycles. The lowest BCUT2D eigenvalue weighted by Crippen LogP contribution is -2.39. The number of hydrogen-bond donors (Lipinski definition) is 0. The van der Waals surface area contributed by atoms with Gasteiger partial charge in [0.25, 0.3) is 0 Å². The molecule has 0 saturated carbocycles. The molecular formula is C18H22N4O2. The van der Waals surface area contributed by atoms with Gasteiger partial charge in [0.1, 0.15) is 6.33 Å². The van der Waals surface area contributed by atoms with E-state index in [0.717, 1.165) is 37.2 Å². The number of benzene rings is 1. The van der Waals surface area contributed by atoms with Crippen molar-refractivity contribution in [3.8, 4) is 5.69 Å². The van der Waals surface area contributed by atoms with Gasteiger partial charge in [0, 0.05) is 6.54 Å². The minimum atomic E-state index is -0.289. The summed E-state index contributed by atoms with van der Waals surface area (Å²) in [6, 6.07) is 6.43. The van der Waals surface area contributed by atoms with E-state index in [0.29, 0.717) is 6.54 Å². The van der Waals surface area contributed by atoms with Crippen LogP contribution in [0.2, 0.25) is 0 Å². The molecule has 126 valence electrons. The Morgan fingerprint density at radius 2 is 2.08 bits per heavy atom. The fourth-order valence-electron chi connectivity index (χ4n) is 3.90. The van der Waals surface area contributed by atoms with Gasteiger partial charge in [-0.25, -0.2) is 14.5 Å². The van der Waals surface area contributed by atoms with Crippen LogP contribution in [0.15, 0.2) is 24.5 Å². The maximum Gasteiger partial charge on any atom is 0.410 e. The van der Waals surface area contributed by atoms with Crippen molar-refractivity contribution < 1.29 is 9.53 Å². The molecule has 1 saturated heterocycles. The number of ether oxygens (including phenoxy) is 1. The SMILES string of the molecule is COC(=O)N1CCCCC1c1ncnn1-c1ccc2c(c1)CCC2. The molecule has 1 amide bonds. The molecule has 4 rings (SSSR count). The molecule has 24 heavy (non-hydrogen) atoms. The van der Waals surface area contributed by atoms with Crippen molar-refractivity contribution in [2.24, 2.45) is 0 Å². The van der Waals surface area contributed by atoms with E-state index >= 15 is 0 Å². The van der Waals surface area contributed by atoms with Crippen molar-refractivity contribution in [1.82, 2.24) is 19.7 Å². The molecular weight excluding hydrogens is 304 g/mol. The van der Waals surface area contributed by atoms with Crippen molar-refractivity contribution in [1.29, 1.82) is 0 Å². The molecule has 1 fully saturated rings. The van der Waals surface area contributed by atoms with Crippen LogP contribution in [0.5, 0.6) is 0 Å². The first kappa shape index (κ1) is 15.2. The standard InChI is InChI=1S/C18H22N4O2/c1-24-18(23)21-10-3-2-7-16(21)17-19-12-20-22(17)15-9-8-13-5-4-6-14(13)11-15/h8-9,11-12,16H,2-7,10H2,1H3. The summed E-state index contributed by atoms with van der Waals surface area (Å²) < 4.78 is 6.83. The largest absolute Gasteiger partial charge is 0.453 e. The van der Waals surface area contributed by atoms with Crippen LogP contribution in [0.3, 0.4) is 0 Å². The monoisotopic (exact) mass is 326 g/mol. The molecule has 2 heterocycles. The average Bonchev–Trinajstić information content (AvgIpc) is 3.29. The van der Waals surface area contributed by atoms with Crippen molar-refractivity contribution in [3.05, 3.63) is 41.5 Å². The first-order valence-electron chi connectivity index (χ1n) is 8.64. The molecule has 0 spiro atoms. The van der Waals surface area contributed by atoms with Crippen LogP contribution in [0.1, 0.15) is 48.7 Å². The number of hydrogen-bond acceptors (Lipinski definition) is 4. The van der Waals surface area contributed by atoms with Crippen LogP contribution >= 0.6 is 0 Å². The molecule has 2 aliphatic rings. The van der Waals surface area contributed by atoms with Crippen LogP contribution < -0.4 is 0 Å². The Morgan fingerprint density at radius 1 is 1.21 bits per heavy atom. The number of aromatic nitrogens is 3. The predicted molar refractivity (Wildman–Crippen MR) is 89.1 cm³/mol. The molecule has 0 radical (unpaired) electrons. The quantitative estimate of drug-likeness (QED) is 0.851. The molecule has 1 unspecified atom stereocenters. The van der Waals surface area contributed by atoms with Crippen molar-refractivity contribution >= 4 is 6.09 Å². The van der Waals surface area contributed by atoms with Gasteiger partial charge < -0.3 is 4.74 Å². The Hall–Kier alpha value is -2.37. The summed E-state index contributed by atoms with van der Waals surface area (Å²) >= 11 is 0. The van der Waals surface area contributed by atoms with E-state index in [4.69, 9.17) is 4.74 Å². The van der Waals surface area contributed by atoms with Gasteiger partial charge >= 0.3 is 6.09 Å². The third kappa shape index (κ3) is 2.56. The third-order valence-electron chi connectivity index (χ3n) is 5.11. The molecule has 1 aliphatic heterocycles. The zero-order valence-corrected chi connectivity index (χ0v) is 13.9. The van der Waals surface area contributed by atoms with Crippen LogP contribution in [0, 0.1) is 0 Å². The van der Waals surface area contributed by atoms with Gasteiger partial charge in [-0.05, 0) is 61.8 Å². The maximum atomic E-state index is 12.1. The topological polar surface area (TPSA) is 60.2 Å². The highest BCUT2D eigenvalue weighted by molar-refractivity contribution is 5.68. The second-order valence-corrected chi connectivity index (χ2v) is 6.51. The summed E-state index contributed by atoms with van der Waals surface area (Å²) in [5.41, 5.74) is 3.87. The van der Waals surface area contributed by atoms with Crippen molar-refractivity contribution in [2.75, 3.05) is 13.7 Å². The van der Waals surface area contributed by atoms with Crippen LogP contribution in [0.4, 0.5) is 4.79 Å². The zero-order valence-electron chi connectivity index (χ0n) is 13.9. The number of piperidine rings is 1. The lowest BCUT2D eigenvalue weighted by Gasteiger charge is -2.33. The number of nitrogens with zero attached hydrogens (tertiary/aromatic N) is 4. The second-order valence-electron chi connectivity index (χ2n) is 6.51. The number of rotatable bonds is 2. The van der Waals surface area contributed by atoms with Gasteiger partial charge in [-0.2, -0.15) is 5.10 Å². The minimum Gasteiger partial charge on any atom is -0.453 e. The van der Waals surface area contributed by atoms with Gasteiger partial charge in [-0.15, -0.1) is 0 Å². The van der Waals surface area contributed by atoms with Gasteiger partial charge in [-0.1, -0.05) is 6.07 Å². The summed E-state index contributed by atoms with van der Waals surface area (Å²) in [7, 11) is 1.43. The van der Waals surface area contributed by atoms with E-state index in [-0.39, 0.29) is 12.1 Å². The minimum absolute atomic E-state index is 0.0815. The van der Waals surface area contributed by atoms with Gasteiger partial charge in [0.05, 0.1) is 18.8 Å². The summed E-state index contributed by atoms with van der Waals surface area (Å²) in [6.07, 6.45) is 7.77. The molecule has 6 nitrogen and oxygen atoms in total. The van der Waals surface area contributed by atoms with Crippen molar-refractivity contribution in [2.45, 2.75) is 44.6 Å². The normalized spacial score (nSPS) is 20.0. The number of amides is 1. The summed E-state index contributed by atoms with van der Waals surface area (Å²) in [5, 5.41) is 4.43. The molecule has 6 heteroatoms. The van der Waals surface area contributed by atoms with E-state index in [1.807, 2.05) is 4.68 Å². The van der Waals surface area contributed by atoms with E-state index in [9.17, 15) is 4.79 Å². The molecule has 0 bridgehead atoms. The Bertz CT molecular complexity index is 755. The van der Waals surface area contributed by atoms with E-state index < -0.39 is 0 Å². The van der Waals surface area contributed by atoms with Crippen LogP contribution in [0.25, 0.3) is 5.69 Å². The number of fused-ring (bicyclic) bond motifs is 1. The first-order valence-corrected chi connectivity index (χ1v) is 8.64. The summed E-state index contributed by atoms with van der Waals surface area (Å²) in [6.45, 7) is 0.703. The summed E-state index contributed by atoms with van der Waals surface area (Å²) in [4.78, 5) is 18.4. The van der Waals surface area contributed by atoms with Crippen LogP contribution in [-0.4, -0.2) is 39.4 Å². The summed E-state index contributed by atoms with van der Waals surface area (Å²) in [5.74, 6) is 0.818. The lowest BCUT2D eigenvalue weighted by atomic mass is 10.0. The zero-order chi connectivity index (χ0) is 16.5. The van der Waals surface area contributed by atoms with Gasteiger partial charge in [0.15, 0.2) is 5.82 Å². The molecule has 2 aromatic rings. The van der Waals surface area contributed by atoms with Crippen molar-refractivity contribution in [3.63, 3.8) is 0 Å². The van der Waals surface area contributed by atoms with E-state index in [1.54, 1.807) is 11.2 Å². The second kappa shape index (κ2) is 6.26. The fourth-order valence-corrected chi connectivity index (χ4v) is 3.90. The fraction of sp³-hybridized carbons (Fsp3) is 0.500. The Morgan fingerprint density at radius 3 is 2.96 bits per heavy atom. The number of aryl methyl sites for hydroxylation is 2. The van der Waals surface area contributed by atoms with Crippen LogP contribution in [-0.2, 0) is 17.6 Å². The highest BCUT2D eigenvalue weighted by Crippen LogP contribution is 2.32. The molecule has 1 atom stereocenters. The predicted octanol–water partition coefficient (Wildman–Crippen LogP) is 3.05. The number of carbonyl (C=O) groups excluding carboxylic acids is 1. The maximum absolute atomic E-state index is 12.1. The molecule has 1 aromatic carbocycles.